The molecule has 0 saturated carbocycles. The van der Waals surface area contributed by atoms with Gasteiger partial charge in [-0.15, -0.1) is 0 Å². The fourth-order valence-corrected chi connectivity index (χ4v) is 1.48. The van der Waals surface area contributed by atoms with E-state index in [0.29, 0.717) is 4.90 Å². The molecule has 0 aromatic carbocycles. The van der Waals surface area contributed by atoms with E-state index >= 15 is 0 Å². The Morgan fingerprint density at radius 1 is 1.55 bits per heavy atom. The number of pyridine rings is 1. The van der Waals surface area contributed by atoms with Gasteiger partial charge < -0.3 is 10.0 Å². The summed E-state index contributed by atoms with van der Waals surface area (Å²) in [5.74, 6) is -0.541. The molecule has 0 radical (unpaired) electrons. The third kappa shape index (κ3) is 4.06. The first kappa shape index (κ1) is 15.6. The summed E-state index contributed by atoms with van der Waals surface area (Å²) in [6.07, 6.45) is -3.68. The van der Waals surface area contributed by atoms with Crippen LogP contribution in [-0.2, 0) is 0 Å². The number of aliphatic hydroxyl groups excluding tert-OH is 1. The van der Waals surface area contributed by atoms with Gasteiger partial charge in [-0.3, -0.25) is 10.1 Å². The van der Waals surface area contributed by atoms with E-state index in [1.807, 2.05) is 0 Å². The SMILES string of the molecule is N#Cc1cnc(N(CCO)CC(F)(F)F)c([N+](=O)[O-])c1. The Bertz CT molecular complexity index is 542. The van der Waals surface area contributed by atoms with Crippen LogP contribution in [0.1, 0.15) is 5.56 Å². The summed E-state index contributed by atoms with van der Waals surface area (Å²) in [6, 6.07) is 2.45. The van der Waals surface area contributed by atoms with E-state index < -0.39 is 42.3 Å². The van der Waals surface area contributed by atoms with Crippen molar-refractivity contribution in [2.45, 2.75) is 6.18 Å². The Morgan fingerprint density at radius 2 is 2.20 bits per heavy atom. The van der Waals surface area contributed by atoms with Crippen molar-refractivity contribution in [2.24, 2.45) is 0 Å². The van der Waals surface area contributed by atoms with Crippen LogP contribution in [0.4, 0.5) is 24.7 Å². The van der Waals surface area contributed by atoms with Gasteiger partial charge in [0.1, 0.15) is 12.6 Å². The minimum Gasteiger partial charge on any atom is -0.395 e. The molecular formula is C10H9F3N4O3. The monoisotopic (exact) mass is 290 g/mol. The van der Waals surface area contributed by atoms with E-state index in [4.69, 9.17) is 10.4 Å². The number of anilines is 1. The van der Waals surface area contributed by atoms with Gasteiger partial charge in [-0.1, -0.05) is 0 Å². The molecule has 1 heterocycles. The topological polar surface area (TPSA) is 103 Å². The molecule has 0 unspecified atom stereocenters. The van der Waals surface area contributed by atoms with Crippen molar-refractivity contribution in [1.29, 1.82) is 5.26 Å². The summed E-state index contributed by atoms with van der Waals surface area (Å²) < 4.78 is 37.3. The molecule has 1 aromatic heterocycles. The van der Waals surface area contributed by atoms with Crippen molar-refractivity contribution >= 4 is 11.5 Å². The van der Waals surface area contributed by atoms with Crippen LogP contribution in [0.2, 0.25) is 0 Å². The van der Waals surface area contributed by atoms with Crippen LogP contribution in [0.3, 0.4) is 0 Å². The molecule has 1 rings (SSSR count). The molecule has 20 heavy (non-hydrogen) atoms. The molecule has 0 aliphatic heterocycles. The summed E-state index contributed by atoms with van der Waals surface area (Å²) >= 11 is 0. The fraction of sp³-hybridized carbons (Fsp3) is 0.400. The van der Waals surface area contributed by atoms with E-state index in [-0.39, 0.29) is 5.56 Å². The Kier molecular flexibility index (Phi) is 4.82. The molecule has 0 spiro atoms. The Hall–Kier alpha value is -2.41. The normalized spacial score (nSPS) is 10.9. The number of hydrogen-bond acceptors (Lipinski definition) is 6. The first-order valence-corrected chi connectivity index (χ1v) is 5.25. The highest BCUT2D eigenvalue weighted by Gasteiger charge is 2.34. The molecule has 1 aromatic rings. The molecule has 0 aliphatic carbocycles. The first-order valence-electron chi connectivity index (χ1n) is 5.25. The third-order valence-electron chi connectivity index (χ3n) is 2.21. The lowest BCUT2D eigenvalue weighted by atomic mass is 10.2. The number of nitro groups is 1. The number of halogens is 3. The lowest BCUT2D eigenvalue weighted by Gasteiger charge is -2.23. The Balaban J connectivity index is 3.25. The molecule has 0 fully saturated rings. The number of aromatic nitrogens is 1. The first-order chi connectivity index (χ1) is 9.28. The van der Waals surface area contributed by atoms with Crippen LogP contribution in [0.5, 0.6) is 0 Å². The molecule has 0 amide bonds. The van der Waals surface area contributed by atoms with Crippen molar-refractivity contribution in [2.75, 3.05) is 24.6 Å². The predicted molar refractivity (Wildman–Crippen MR) is 61.0 cm³/mol. The van der Waals surface area contributed by atoms with Crippen molar-refractivity contribution in [3.8, 4) is 6.07 Å². The number of alkyl halides is 3. The third-order valence-corrected chi connectivity index (χ3v) is 2.21. The van der Waals surface area contributed by atoms with Crippen molar-refractivity contribution in [1.82, 2.24) is 4.98 Å². The molecular weight excluding hydrogens is 281 g/mol. The number of rotatable bonds is 5. The van der Waals surface area contributed by atoms with E-state index in [2.05, 4.69) is 4.98 Å². The highest BCUT2D eigenvalue weighted by molar-refractivity contribution is 5.60. The minimum atomic E-state index is -4.61. The van der Waals surface area contributed by atoms with Crippen LogP contribution in [-0.4, -0.2) is 40.9 Å². The smallest absolute Gasteiger partial charge is 0.395 e. The Labute approximate surface area is 111 Å². The van der Waals surface area contributed by atoms with Gasteiger partial charge in [0.15, 0.2) is 0 Å². The van der Waals surface area contributed by atoms with E-state index in [0.717, 1.165) is 12.3 Å². The Morgan fingerprint density at radius 3 is 2.65 bits per heavy atom. The zero-order valence-corrected chi connectivity index (χ0v) is 9.96. The maximum Gasteiger partial charge on any atom is 0.405 e. The van der Waals surface area contributed by atoms with Gasteiger partial charge in [0.2, 0.25) is 5.82 Å². The van der Waals surface area contributed by atoms with Gasteiger partial charge in [0, 0.05) is 18.8 Å². The summed E-state index contributed by atoms with van der Waals surface area (Å²) in [4.78, 5) is 14.0. The quantitative estimate of drug-likeness (QED) is 0.646. The van der Waals surface area contributed by atoms with Gasteiger partial charge in [0.05, 0.1) is 17.1 Å². The number of hydrogen-bond donors (Lipinski definition) is 1. The maximum absolute atomic E-state index is 12.4. The van der Waals surface area contributed by atoms with Crippen molar-refractivity contribution < 1.29 is 23.2 Å². The molecule has 0 atom stereocenters. The molecule has 10 heteroatoms. The molecule has 1 N–H and O–H groups in total. The van der Waals surface area contributed by atoms with Gasteiger partial charge >= 0.3 is 11.9 Å². The maximum atomic E-state index is 12.4. The predicted octanol–water partition coefficient (Wildman–Crippen LogP) is 1.22. The van der Waals surface area contributed by atoms with E-state index in [1.54, 1.807) is 6.07 Å². The average molecular weight is 290 g/mol. The van der Waals surface area contributed by atoms with Gasteiger partial charge in [-0.2, -0.15) is 18.4 Å². The zero-order valence-electron chi connectivity index (χ0n) is 9.96. The average Bonchev–Trinajstić information content (AvgIpc) is 2.36. The molecule has 0 saturated heterocycles. The second-order valence-corrected chi connectivity index (χ2v) is 3.70. The lowest BCUT2D eigenvalue weighted by Crippen LogP contribution is -2.37. The van der Waals surface area contributed by atoms with E-state index in [1.165, 1.54) is 0 Å². The number of nitriles is 1. The minimum absolute atomic E-state index is 0.142. The standard InChI is InChI=1S/C10H9F3N4O3/c11-10(12,13)6-16(1-2-18)9-8(17(19)20)3-7(4-14)5-15-9/h3,5,18H,1-2,6H2. The molecule has 0 bridgehead atoms. The van der Waals surface area contributed by atoms with Crippen LogP contribution < -0.4 is 4.90 Å². The summed E-state index contributed by atoms with van der Waals surface area (Å²) in [6.45, 7) is -2.60. The lowest BCUT2D eigenvalue weighted by molar-refractivity contribution is -0.384. The highest BCUT2D eigenvalue weighted by atomic mass is 19.4. The zero-order chi connectivity index (χ0) is 15.3. The van der Waals surface area contributed by atoms with Crippen molar-refractivity contribution in [3.05, 3.63) is 27.9 Å². The van der Waals surface area contributed by atoms with Crippen LogP contribution in [0.25, 0.3) is 0 Å². The van der Waals surface area contributed by atoms with Gasteiger partial charge in [0.25, 0.3) is 0 Å². The fourth-order valence-electron chi connectivity index (χ4n) is 1.48. The van der Waals surface area contributed by atoms with Crippen molar-refractivity contribution in [3.63, 3.8) is 0 Å². The number of aliphatic hydroxyl groups is 1. The molecule has 7 nitrogen and oxygen atoms in total. The van der Waals surface area contributed by atoms with Gasteiger partial charge in [-0.25, -0.2) is 4.98 Å². The highest BCUT2D eigenvalue weighted by Crippen LogP contribution is 2.29. The summed E-state index contributed by atoms with van der Waals surface area (Å²) in [7, 11) is 0. The van der Waals surface area contributed by atoms with Crippen LogP contribution in [0, 0.1) is 21.4 Å². The summed E-state index contributed by atoms with van der Waals surface area (Å²) in [5, 5.41) is 28.2. The summed E-state index contributed by atoms with van der Waals surface area (Å²) in [5.41, 5.74) is -0.863. The van der Waals surface area contributed by atoms with Gasteiger partial charge in [-0.05, 0) is 0 Å². The second kappa shape index (κ2) is 6.16. The number of nitrogens with zero attached hydrogens (tertiary/aromatic N) is 4. The van der Waals surface area contributed by atoms with Crippen LogP contribution in [0.15, 0.2) is 12.3 Å². The van der Waals surface area contributed by atoms with E-state index in [9.17, 15) is 23.3 Å². The molecule has 108 valence electrons. The molecule has 0 aliphatic rings. The second-order valence-electron chi connectivity index (χ2n) is 3.70. The van der Waals surface area contributed by atoms with Crippen LogP contribution >= 0.6 is 0 Å². The largest absolute Gasteiger partial charge is 0.405 e.